The second-order valence-corrected chi connectivity index (χ2v) is 10.2. The van der Waals surface area contributed by atoms with Gasteiger partial charge < -0.3 is 10.1 Å². The summed E-state index contributed by atoms with van der Waals surface area (Å²) in [5.41, 5.74) is 8.07. The molecule has 6 heteroatoms. The maximum atomic E-state index is 10.8. The van der Waals surface area contributed by atoms with E-state index in [2.05, 4.69) is 71.8 Å². The van der Waals surface area contributed by atoms with Crippen LogP contribution in [0.4, 0.5) is 17.1 Å². The Balaban J connectivity index is 1.08. The first-order valence-electron chi connectivity index (χ1n) is 13.2. The molecule has 194 valence electrons. The first-order valence-corrected chi connectivity index (χ1v) is 13.2. The minimum Gasteiger partial charge on any atom is -0.489 e. The van der Waals surface area contributed by atoms with Gasteiger partial charge >= 0.3 is 0 Å². The second kappa shape index (κ2) is 10.6. The number of aliphatic imine (C=N–C) groups is 1. The van der Waals surface area contributed by atoms with Gasteiger partial charge in [0, 0.05) is 30.0 Å². The van der Waals surface area contributed by atoms with Gasteiger partial charge in [-0.2, -0.15) is 0 Å². The standard InChI is InChI=1S/C33H29N3O3/c1-22-5-18-32-31(19-22)29-3-2-4-30(29)33(35-32)25-10-12-26(13-11-25)34-20-23-8-16-28(17-9-23)39-21-24-6-14-27(15-7-24)36(37)38/h2-3,5-20,29-30,33,35H,4,21H2,1H3/t29-,30+,33-/m1/s1. The summed E-state index contributed by atoms with van der Waals surface area (Å²) >= 11 is 0. The molecule has 6 nitrogen and oxygen atoms in total. The summed E-state index contributed by atoms with van der Waals surface area (Å²) in [6.45, 7) is 2.50. The van der Waals surface area contributed by atoms with Crippen molar-refractivity contribution < 1.29 is 9.66 Å². The van der Waals surface area contributed by atoms with Crippen molar-refractivity contribution in [3.63, 3.8) is 0 Å². The van der Waals surface area contributed by atoms with Crippen LogP contribution in [0.3, 0.4) is 0 Å². The molecule has 0 unspecified atom stereocenters. The largest absolute Gasteiger partial charge is 0.489 e. The first kappa shape index (κ1) is 24.6. The molecule has 39 heavy (non-hydrogen) atoms. The predicted molar refractivity (Wildman–Crippen MR) is 155 cm³/mol. The quantitative estimate of drug-likeness (QED) is 0.117. The number of hydrogen-bond donors (Lipinski definition) is 1. The Kier molecular flexibility index (Phi) is 6.68. The number of fused-ring (bicyclic) bond motifs is 3. The highest BCUT2D eigenvalue weighted by Gasteiger charge is 2.37. The fourth-order valence-corrected chi connectivity index (χ4v) is 5.49. The number of ether oxygens (including phenoxy) is 1. The summed E-state index contributed by atoms with van der Waals surface area (Å²) in [7, 11) is 0. The minimum absolute atomic E-state index is 0.0725. The molecule has 6 rings (SSSR count). The fraction of sp³-hybridized carbons (Fsp3) is 0.182. The number of nitro benzene ring substituents is 1. The molecule has 3 atom stereocenters. The van der Waals surface area contributed by atoms with E-state index in [1.807, 2.05) is 30.5 Å². The van der Waals surface area contributed by atoms with Crippen molar-refractivity contribution in [1.29, 1.82) is 0 Å². The Labute approximate surface area is 227 Å². The fourth-order valence-electron chi connectivity index (χ4n) is 5.49. The summed E-state index contributed by atoms with van der Waals surface area (Å²) in [6.07, 6.45) is 7.64. The van der Waals surface area contributed by atoms with Gasteiger partial charge in [0.05, 0.1) is 16.7 Å². The lowest BCUT2D eigenvalue weighted by Crippen LogP contribution is -2.29. The number of rotatable bonds is 7. The number of anilines is 1. The number of non-ortho nitro benzene ring substituents is 1. The van der Waals surface area contributed by atoms with Crippen molar-refractivity contribution in [2.24, 2.45) is 10.9 Å². The Hall–Kier alpha value is -4.71. The van der Waals surface area contributed by atoms with Crippen molar-refractivity contribution >= 4 is 23.3 Å². The van der Waals surface area contributed by atoms with Crippen LogP contribution in [-0.2, 0) is 6.61 Å². The number of nitrogens with one attached hydrogen (secondary N) is 1. The summed E-state index contributed by atoms with van der Waals surface area (Å²) in [6, 6.07) is 29.6. The summed E-state index contributed by atoms with van der Waals surface area (Å²) in [4.78, 5) is 15.0. The molecule has 4 aromatic carbocycles. The van der Waals surface area contributed by atoms with Crippen LogP contribution in [0.25, 0.3) is 0 Å². The Morgan fingerprint density at radius 2 is 1.77 bits per heavy atom. The lowest BCUT2D eigenvalue weighted by molar-refractivity contribution is -0.384. The molecule has 0 radical (unpaired) electrons. The first-order chi connectivity index (χ1) is 19.0. The van der Waals surface area contributed by atoms with Gasteiger partial charge in [-0.05, 0) is 96.1 Å². The molecule has 0 amide bonds. The van der Waals surface area contributed by atoms with Crippen LogP contribution >= 0.6 is 0 Å². The lowest BCUT2D eigenvalue weighted by atomic mass is 9.76. The lowest BCUT2D eigenvalue weighted by Gasteiger charge is -2.37. The molecule has 0 saturated carbocycles. The van der Waals surface area contributed by atoms with Crippen molar-refractivity contribution in [2.75, 3.05) is 5.32 Å². The molecule has 4 aromatic rings. The third kappa shape index (κ3) is 5.32. The van der Waals surface area contributed by atoms with E-state index in [-0.39, 0.29) is 11.7 Å². The third-order valence-corrected chi connectivity index (χ3v) is 7.57. The highest BCUT2D eigenvalue weighted by atomic mass is 16.6. The molecule has 1 aliphatic heterocycles. The summed E-state index contributed by atoms with van der Waals surface area (Å²) in [5, 5.41) is 14.6. The summed E-state index contributed by atoms with van der Waals surface area (Å²) < 4.78 is 5.81. The monoisotopic (exact) mass is 515 g/mol. The molecule has 1 aliphatic carbocycles. The number of nitro groups is 1. The molecule has 0 fully saturated rings. The Morgan fingerprint density at radius 3 is 2.51 bits per heavy atom. The zero-order valence-electron chi connectivity index (χ0n) is 21.7. The van der Waals surface area contributed by atoms with Crippen LogP contribution in [0.2, 0.25) is 0 Å². The topological polar surface area (TPSA) is 76.8 Å². The average Bonchev–Trinajstić information content (AvgIpc) is 3.46. The SMILES string of the molecule is Cc1ccc2c(c1)[C@@H]1C=CC[C@@H]1[C@@H](c1ccc(N=Cc3ccc(OCc4ccc([N+](=O)[O-])cc4)cc3)cc1)N2. The van der Waals surface area contributed by atoms with Crippen LogP contribution < -0.4 is 10.1 Å². The zero-order chi connectivity index (χ0) is 26.8. The Morgan fingerprint density at radius 1 is 1.00 bits per heavy atom. The highest BCUT2D eigenvalue weighted by molar-refractivity contribution is 5.82. The van der Waals surface area contributed by atoms with Gasteiger partial charge in [-0.15, -0.1) is 0 Å². The number of hydrogen-bond acceptors (Lipinski definition) is 5. The molecule has 1 heterocycles. The maximum Gasteiger partial charge on any atom is 0.269 e. The van der Waals surface area contributed by atoms with Gasteiger partial charge in [0.15, 0.2) is 0 Å². The van der Waals surface area contributed by atoms with E-state index in [9.17, 15) is 10.1 Å². The van der Waals surface area contributed by atoms with Gasteiger partial charge in [0.25, 0.3) is 5.69 Å². The van der Waals surface area contributed by atoms with E-state index in [0.29, 0.717) is 18.4 Å². The summed E-state index contributed by atoms with van der Waals surface area (Å²) in [5.74, 6) is 1.71. The molecule has 1 N–H and O–H groups in total. The second-order valence-electron chi connectivity index (χ2n) is 10.2. The normalized spacial score (nSPS) is 19.4. The van der Waals surface area contributed by atoms with Crippen LogP contribution in [0.15, 0.2) is 108 Å². The molecule has 0 spiro atoms. The predicted octanol–water partition coefficient (Wildman–Crippen LogP) is 8.06. The molecule has 0 aromatic heterocycles. The minimum atomic E-state index is -0.408. The molecule has 0 saturated heterocycles. The maximum absolute atomic E-state index is 10.8. The van der Waals surface area contributed by atoms with E-state index < -0.39 is 4.92 Å². The van der Waals surface area contributed by atoms with Crippen molar-refractivity contribution in [2.45, 2.75) is 31.9 Å². The average molecular weight is 516 g/mol. The van der Waals surface area contributed by atoms with Gasteiger partial charge in [-0.3, -0.25) is 15.1 Å². The zero-order valence-corrected chi connectivity index (χ0v) is 21.7. The van der Waals surface area contributed by atoms with Gasteiger partial charge in [-0.25, -0.2) is 0 Å². The molecule has 2 aliphatic rings. The molecule has 0 bridgehead atoms. The molecular formula is C33H29N3O3. The highest BCUT2D eigenvalue weighted by Crippen LogP contribution is 2.50. The van der Waals surface area contributed by atoms with E-state index in [1.54, 1.807) is 12.1 Å². The number of allylic oxidation sites excluding steroid dienone is 2. The number of aryl methyl sites for hydroxylation is 1. The van der Waals surface area contributed by atoms with E-state index >= 15 is 0 Å². The van der Waals surface area contributed by atoms with Crippen molar-refractivity contribution in [1.82, 2.24) is 0 Å². The van der Waals surface area contributed by atoms with Gasteiger partial charge in [0.1, 0.15) is 12.4 Å². The number of benzene rings is 4. The number of nitrogens with zero attached hydrogens (tertiary/aromatic N) is 2. The van der Waals surface area contributed by atoms with Gasteiger partial charge in [0.2, 0.25) is 0 Å². The van der Waals surface area contributed by atoms with E-state index in [0.717, 1.165) is 29.0 Å². The third-order valence-electron chi connectivity index (χ3n) is 7.57. The molecular weight excluding hydrogens is 486 g/mol. The van der Waals surface area contributed by atoms with E-state index in [1.165, 1.54) is 34.5 Å². The van der Waals surface area contributed by atoms with Crippen LogP contribution in [0, 0.1) is 23.0 Å². The van der Waals surface area contributed by atoms with Gasteiger partial charge in [-0.1, -0.05) is 42.0 Å². The van der Waals surface area contributed by atoms with E-state index in [4.69, 9.17) is 4.74 Å². The smallest absolute Gasteiger partial charge is 0.269 e. The Bertz CT molecular complexity index is 1540. The van der Waals surface area contributed by atoms with Crippen LogP contribution in [0.5, 0.6) is 5.75 Å². The van der Waals surface area contributed by atoms with Crippen molar-refractivity contribution in [3.8, 4) is 5.75 Å². The van der Waals surface area contributed by atoms with Crippen LogP contribution in [0.1, 0.15) is 46.2 Å². The van der Waals surface area contributed by atoms with Crippen molar-refractivity contribution in [3.05, 3.63) is 141 Å². The van der Waals surface area contributed by atoms with Crippen LogP contribution in [-0.4, -0.2) is 11.1 Å².